The Hall–Kier alpha value is -0.760. The van der Waals surface area contributed by atoms with Gasteiger partial charge in [0.25, 0.3) is 0 Å². The van der Waals surface area contributed by atoms with Gasteiger partial charge >= 0.3 is 0 Å². The van der Waals surface area contributed by atoms with Crippen LogP contribution >= 0.6 is 0 Å². The predicted octanol–water partition coefficient (Wildman–Crippen LogP) is 1.61. The van der Waals surface area contributed by atoms with Crippen LogP contribution in [-0.2, 0) is 0 Å². The van der Waals surface area contributed by atoms with E-state index in [1.807, 2.05) is 13.8 Å². The molecule has 1 heterocycles. The molecule has 0 spiro atoms. The fourth-order valence-corrected chi connectivity index (χ4v) is 0.837. The van der Waals surface area contributed by atoms with Gasteiger partial charge in [-0.3, -0.25) is 0 Å². The van der Waals surface area contributed by atoms with Crippen molar-refractivity contribution >= 4 is 0 Å². The smallest absolute Gasteiger partial charge is 0.0952 e. The van der Waals surface area contributed by atoms with E-state index in [0.29, 0.717) is 0 Å². The van der Waals surface area contributed by atoms with Gasteiger partial charge in [-0.05, 0) is 19.4 Å². The molecule has 1 rings (SSSR count). The van der Waals surface area contributed by atoms with Crippen molar-refractivity contribution in [1.82, 2.24) is 0 Å². The van der Waals surface area contributed by atoms with E-state index in [0.717, 1.165) is 11.1 Å². The summed E-state index contributed by atoms with van der Waals surface area (Å²) in [6, 6.07) is 0.0868. The maximum atomic E-state index is 5.60. The highest BCUT2D eigenvalue weighted by Gasteiger charge is 2.03. The number of aryl methyl sites for hydroxylation is 1. The lowest BCUT2D eigenvalue weighted by Gasteiger charge is -1.99. The molecule has 50 valence electrons. The third-order valence-electron chi connectivity index (χ3n) is 1.39. The van der Waals surface area contributed by atoms with Gasteiger partial charge in [-0.1, -0.05) is 0 Å². The van der Waals surface area contributed by atoms with Gasteiger partial charge in [0.05, 0.1) is 12.5 Å². The van der Waals surface area contributed by atoms with Crippen LogP contribution in [-0.4, -0.2) is 0 Å². The standard InChI is InChI=1S/C7H11NO/c1-5-3-9-4-7(5)6(2)8/h3-4,6H,8H2,1-2H3/t6-/m1/s1. The second-order valence-corrected chi connectivity index (χ2v) is 2.30. The van der Waals surface area contributed by atoms with Gasteiger partial charge in [-0.25, -0.2) is 0 Å². The first kappa shape index (κ1) is 6.36. The fraction of sp³-hybridized carbons (Fsp3) is 0.429. The number of furan rings is 1. The molecular formula is C7H11NO. The summed E-state index contributed by atoms with van der Waals surface area (Å²) < 4.78 is 4.93. The molecule has 0 fully saturated rings. The molecule has 0 saturated carbocycles. The summed E-state index contributed by atoms with van der Waals surface area (Å²) >= 11 is 0. The lowest BCUT2D eigenvalue weighted by atomic mass is 10.1. The topological polar surface area (TPSA) is 39.2 Å². The van der Waals surface area contributed by atoms with Crippen molar-refractivity contribution < 1.29 is 4.42 Å². The van der Waals surface area contributed by atoms with Crippen molar-refractivity contribution in [2.45, 2.75) is 19.9 Å². The zero-order chi connectivity index (χ0) is 6.85. The van der Waals surface area contributed by atoms with E-state index in [-0.39, 0.29) is 6.04 Å². The normalized spacial score (nSPS) is 13.7. The number of hydrogen-bond donors (Lipinski definition) is 1. The highest BCUT2D eigenvalue weighted by atomic mass is 16.3. The molecule has 0 saturated heterocycles. The number of rotatable bonds is 1. The van der Waals surface area contributed by atoms with Crippen LogP contribution in [0.3, 0.4) is 0 Å². The third-order valence-corrected chi connectivity index (χ3v) is 1.39. The first-order valence-corrected chi connectivity index (χ1v) is 3.00. The third kappa shape index (κ3) is 1.13. The first-order valence-electron chi connectivity index (χ1n) is 3.00. The van der Waals surface area contributed by atoms with Crippen molar-refractivity contribution in [3.8, 4) is 0 Å². The van der Waals surface area contributed by atoms with E-state index in [1.54, 1.807) is 12.5 Å². The minimum absolute atomic E-state index is 0.0868. The van der Waals surface area contributed by atoms with Gasteiger partial charge in [0, 0.05) is 11.6 Å². The highest BCUT2D eigenvalue weighted by Crippen LogP contribution is 2.14. The first-order chi connectivity index (χ1) is 4.22. The van der Waals surface area contributed by atoms with Crippen LogP contribution in [0.2, 0.25) is 0 Å². The van der Waals surface area contributed by atoms with Crippen LogP contribution in [0.15, 0.2) is 16.9 Å². The van der Waals surface area contributed by atoms with Crippen LogP contribution in [0.4, 0.5) is 0 Å². The molecule has 0 radical (unpaired) electrons. The summed E-state index contributed by atoms with van der Waals surface area (Å²) in [6.45, 7) is 3.93. The number of nitrogens with two attached hydrogens (primary N) is 1. The monoisotopic (exact) mass is 125 g/mol. The van der Waals surface area contributed by atoms with Gasteiger partial charge in [0.1, 0.15) is 0 Å². The summed E-state index contributed by atoms with van der Waals surface area (Å²) in [4.78, 5) is 0. The second kappa shape index (κ2) is 2.23. The molecule has 2 nitrogen and oxygen atoms in total. The Morgan fingerprint density at radius 1 is 1.56 bits per heavy atom. The summed E-state index contributed by atoms with van der Waals surface area (Å²) in [6.07, 6.45) is 3.40. The Morgan fingerprint density at radius 2 is 2.22 bits per heavy atom. The zero-order valence-electron chi connectivity index (χ0n) is 5.72. The minimum atomic E-state index is 0.0868. The maximum absolute atomic E-state index is 5.60. The Morgan fingerprint density at radius 3 is 2.44 bits per heavy atom. The molecule has 0 aromatic carbocycles. The fourth-order valence-electron chi connectivity index (χ4n) is 0.837. The van der Waals surface area contributed by atoms with Crippen molar-refractivity contribution in [3.05, 3.63) is 23.7 Å². The number of hydrogen-bond acceptors (Lipinski definition) is 2. The van der Waals surface area contributed by atoms with E-state index >= 15 is 0 Å². The van der Waals surface area contributed by atoms with E-state index in [1.165, 1.54) is 0 Å². The Kier molecular flexibility index (Phi) is 1.58. The van der Waals surface area contributed by atoms with Gasteiger partial charge in [0.15, 0.2) is 0 Å². The Bertz CT molecular complexity index is 191. The molecule has 1 atom stereocenters. The van der Waals surface area contributed by atoms with Crippen LogP contribution in [0.1, 0.15) is 24.1 Å². The lowest BCUT2D eigenvalue weighted by molar-refractivity contribution is 0.560. The largest absolute Gasteiger partial charge is 0.472 e. The summed E-state index contributed by atoms with van der Waals surface area (Å²) in [5.41, 5.74) is 7.82. The molecule has 0 unspecified atom stereocenters. The molecule has 0 aliphatic heterocycles. The van der Waals surface area contributed by atoms with Gasteiger partial charge in [0.2, 0.25) is 0 Å². The molecule has 2 heteroatoms. The summed E-state index contributed by atoms with van der Waals surface area (Å²) in [5.74, 6) is 0. The Labute approximate surface area is 54.7 Å². The van der Waals surface area contributed by atoms with Crippen molar-refractivity contribution in [2.75, 3.05) is 0 Å². The van der Waals surface area contributed by atoms with E-state index in [9.17, 15) is 0 Å². The SMILES string of the molecule is Cc1cocc1[C@@H](C)N. The summed E-state index contributed by atoms with van der Waals surface area (Å²) in [5, 5.41) is 0. The summed E-state index contributed by atoms with van der Waals surface area (Å²) in [7, 11) is 0. The van der Waals surface area contributed by atoms with Gasteiger partial charge in [-0.15, -0.1) is 0 Å². The highest BCUT2D eigenvalue weighted by molar-refractivity contribution is 5.21. The molecule has 0 amide bonds. The average molecular weight is 125 g/mol. The molecule has 0 aliphatic carbocycles. The molecule has 2 N–H and O–H groups in total. The lowest BCUT2D eigenvalue weighted by Crippen LogP contribution is -2.04. The van der Waals surface area contributed by atoms with Gasteiger partial charge in [-0.2, -0.15) is 0 Å². The predicted molar refractivity (Wildman–Crippen MR) is 36.0 cm³/mol. The molecule has 1 aromatic rings. The van der Waals surface area contributed by atoms with E-state index in [2.05, 4.69) is 0 Å². The molecule has 9 heavy (non-hydrogen) atoms. The second-order valence-electron chi connectivity index (χ2n) is 2.30. The average Bonchev–Trinajstić information content (AvgIpc) is 2.13. The minimum Gasteiger partial charge on any atom is -0.472 e. The van der Waals surface area contributed by atoms with Crippen LogP contribution in [0.25, 0.3) is 0 Å². The van der Waals surface area contributed by atoms with E-state index < -0.39 is 0 Å². The van der Waals surface area contributed by atoms with Crippen molar-refractivity contribution in [3.63, 3.8) is 0 Å². The molecular weight excluding hydrogens is 114 g/mol. The van der Waals surface area contributed by atoms with Crippen LogP contribution in [0, 0.1) is 6.92 Å². The Balaban J connectivity index is 2.94. The zero-order valence-corrected chi connectivity index (χ0v) is 5.72. The van der Waals surface area contributed by atoms with Crippen molar-refractivity contribution in [1.29, 1.82) is 0 Å². The van der Waals surface area contributed by atoms with Gasteiger partial charge < -0.3 is 10.2 Å². The van der Waals surface area contributed by atoms with Crippen molar-refractivity contribution in [2.24, 2.45) is 5.73 Å². The quantitative estimate of drug-likeness (QED) is 0.619. The van der Waals surface area contributed by atoms with E-state index in [4.69, 9.17) is 10.2 Å². The molecule has 1 aromatic heterocycles. The molecule has 0 bridgehead atoms. The molecule has 0 aliphatic rings. The van der Waals surface area contributed by atoms with Crippen LogP contribution in [0.5, 0.6) is 0 Å². The van der Waals surface area contributed by atoms with Crippen LogP contribution < -0.4 is 5.73 Å². The maximum Gasteiger partial charge on any atom is 0.0952 e.